The van der Waals surface area contributed by atoms with Gasteiger partial charge >= 0.3 is 0 Å². The van der Waals surface area contributed by atoms with E-state index in [0.29, 0.717) is 5.75 Å². The molecular weight excluding hydrogens is 228 g/mol. The van der Waals surface area contributed by atoms with Crippen LogP contribution in [0.2, 0.25) is 0 Å². The zero-order valence-corrected chi connectivity index (χ0v) is 9.32. The van der Waals surface area contributed by atoms with Gasteiger partial charge in [0.05, 0.1) is 15.6 Å². The van der Waals surface area contributed by atoms with Crippen molar-refractivity contribution in [2.24, 2.45) is 0 Å². The van der Waals surface area contributed by atoms with E-state index >= 15 is 0 Å². The summed E-state index contributed by atoms with van der Waals surface area (Å²) in [6, 6.07) is 8.14. The molecule has 0 bridgehead atoms. The Morgan fingerprint density at radius 1 is 1.33 bits per heavy atom. The first kappa shape index (κ1) is 8.99. The Bertz CT molecular complexity index is 312. The largest absolute Gasteiger partial charge is 0.247 e. The lowest BCUT2D eigenvalue weighted by molar-refractivity contribution is 0.691. The van der Waals surface area contributed by atoms with Gasteiger partial charge in [-0.1, -0.05) is 18.2 Å². The molecule has 0 saturated carbocycles. The monoisotopic (exact) mass is 234 g/mol. The molecule has 0 saturated heterocycles. The van der Waals surface area contributed by atoms with E-state index in [1.165, 1.54) is 20.3 Å². The number of hydrogen-bond acceptors (Lipinski definition) is 4. The van der Waals surface area contributed by atoms with Gasteiger partial charge in [0.2, 0.25) is 0 Å². The van der Waals surface area contributed by atoms with Crippen LogP contribution in [0.3, 0.4) is 0 Å². The van der Waals surface area contributed by atoms with Crippen molar-refractivity contribution in [3.8, 4) is 0 Å². The Morgan fingerprint density at radius 2 is 2.17 bits per heavy atom. The lowest BCUT2D eigenvalue weighted by Gasteiger charge is -1.99. The van der Waals surface area contributed by atoms with E-state index in [1.54, 1.807) is 20.6 Å². The molecule has 1 aliphatic rings. The van der Waals surface area contributed by atoms with Gasteiger partial charge in [-0.05, 0) is 32.2 Å². The van der Waals surface area contributed by atoms with Crippen LogP contribution in [-0.2, 0) is 15.6 Å². The number of benzene rings is 1. The molecule has 1 nitrogen and oxygen atoms in total. The quantitative estimate of drug-likeness (QED) is 0.641. The number of hydrogen-bond donors (Lipinski definition) is 0. The standard InChI is InChI=1S/C7H6OS4/c8-12-5-6-3-1-2-4-7(6)9-10-11-12/h1-4H,5H2. The summed E-state index contributed by atoms with van der Waals surface area (Å²) in [6.45, 7) is 0. The van der Waals surface area contributed by atoms with E-state index in [-0.39, 0.29) is 0 Å². The molecule has 1 atom stereocenters. The van der Waals surface area contributed by atoms with E-state index in [1.807, 2.05) is 18.2 Å². The van der Waals surface area contributed by atoms with Gasteiger partial charge < -0.3 is 0 Å². The molecule has 64 valence electrons. The molecule has 0 radical (unpaired) electrons. The molecule has 0 spiro atoms. The topological polar surface area (TPSA) is 17.1 Å². The van der Waals surface area contributed by atoms with E-state index in [9.17, 15) is 4.21 Å². The summed E-state index contributed by atoms with van der Waals surface area (Å²) < 4.78 is 11.3. The zero-order chi connectivity index (χ0) is 8.39. The molecular formula is C7H6OS4. The van der Waals surface area contributed by atoms with Crippen molar-refractivity contribution in [3.63, 3.8) is 0 Å². The predicted octanol–water partition coefficient (Wildman–Crippen LogP) is 3.25. The third-order valence-electron chi connectivity index (χ3n) is 1.47. The summed E-state index contributed by atoms with van der Waals surface area (Å²) in [7, 11) is 3.99. The fraction of sp³-hybridized carbons (Fsp3) is 0.143. The minimum atomic E-state index is -0.760. The molecule has 0 aromatic heterocycles. The zero-order valence-electron chi connectivity index (χ0n) is 6.06. The normalized spacial score (nSPS) is 22.8. The molecule has 0 fully saturated rings. The van der Waals surface area contributed by atoms with E-state index < -0.39 is 9.83 Å². The minimum absolute atomic E-state index is 0.681. The SMILES string of the molecule is O=S1Cc2ccccc2SSS1. The highest BCUT2D eigenvalue weighted by Crippen LogP contribution is 2.47. The molecule has 1 aromatic carbocycles. The van der Waals surface area contributed by atoms with Crippen molar-refractivity contribution in [2.45, 2.75) is 10.6 Å². The average Bonchev–Trinajstić information content (AvgIpc) is 2.25. The van der Waals surface area contributed by atoms with Gasteiger partial charge in [-0.25, -0.2) is 4.21 Å². The first-order chi connectivity index (χ1) is 5.86. The van der Waals surface area contributed by atoms with Gasteiger partial charge in [0.15, 0.2) is 0 Å². The van der Waals surface area contributed by atoms with Gasteiger partial charge in [-0.2, -0.15) is 0 Å². The first-order valence-corrected chi connectivity index (χ1v) is 8.66. The van der Waals surface area contributed by atoms with Crippen LogP contribution in [0.25, 0.3) is 0 Å². The van der Waals surface area contributed by atoms with E-state index in [4.69, 9.17) is 0 Å². The summed E-state index contributed by atoms with van der Waals surface area (Å²) in [5.41, 5.74) is 1.21. The molecule has 0 N–H and O–H groups in total. The summed E-state index contributed by atoms with van der Waals surface area (Å²) in [4.78, 5) is 1.25. The van der Waals surface area contributed by atoms with Crippen LogP contribution >= 0.6 is 30.4 Å². The van der Waals surface area contributed by atoms with Crippen LogP contribution in [0.5, 0.6) is 0 Å². The fourth-order valence-corrected chi connectivity index (χ4v) is 7.95. The van der Waals surface area contributed by atoms with Crippen LogP contribution in [0.4, 0.5) is 0 Å². The van der Waals surface area contributed by atoms with Crippen molar-refractivity contribution in [3.05, 3.63) is 29.8 Å². The highest BCUT2D eigenvalue weighted by molar-refractivity contribution is 9.23. The molecule has 0 amide bonds. The maximum atomic E-state index is 11.3. The maximum Gasteiger partial charge on any atom is 0.0964 e. The molecule has 1 heterocycles. The van der Waals surface area contributed by atoms with Gasteiger partial charge in [0.25, 0.3) is 0 Å². The maximum absolute atomic E-state index is 11.3. The highest BCUT2D eigenvalue weighted by Gasteiger charge is 2.13. The average molecular weight is 234 g/mol. The Kier molecular flexibility index (Phi) is 3.06. The van der Waals surface area contributed by atoms with Crippen molar-refractivity contribution in [1.29, 1.82) is 0 Å². The predicted molar refractivity (Wildman–Crippen MR) is 59.3 cm³/mol. The van der Waals surface area contributed by atoms with Crippen LogP contribution in [0.15, 0.2) is 29.2 Å². The van der Waals surface area contributed by atoms with Gasteiger partial charge in [0, 0.05) is 14.7 Å². The van der Waals surface area contributed by atoms with Crippen LogP contribution in [0.1, 0.15) is 5.56 Å². The Labute approximate surface area is 84.7 Å². The lowest BCUT2D eigenvalue weighted by Crippen LogP contribution is -1.88. The molecule has 2 rings (SSSR count). The Balaban J connectivity index is 2.37. The Hall–Kier alpha value is 0.420. The van der Waals surface area contributed by atoms with E-state index in [2.05, 4.69) is 6.07 Å². The van der Waals surface area contributed by atoms with Gasteiger partial charge in [-0.15, -0.1) is 0 Å². The van der Waals surface area contributed by atoms with Crippen LogP contribution in [-0.4, -0.2) is 4.21 Å². The smallest absolute Gasteiger partial charge is 0.0964 e. The summed E-state index contributed by atoms with van der Waals surface area (Å²) in [5.74, 6) is 0.681. The van der Waals surface area contributed by atoms with Crippen molar-refractivity contribution < 1.29 is 4.21 Å². The third-order valence-corrected chi connectivity index (χ3v) is 8.57. The van der Waals surface area contributed by atoms with Gasteiger partial charge in [0.1, 0.15) is 0 Å². The van der Waals surface area contributed by atoms with Crippen LogP contribution < -0.4 is 0 Å². The minimum Gasteiger partial charge on any atom is -0.247 e. The number of fused-ring (bicyclic) bond motifs is 1. The Morgan fingerprint density at radius 3 is 3.08 bits per heavy atom. The second-order valence-electron chi connectivity index (χ2n) is 2.28. The summed E-state index contributed by atoms with van der Waals surface area (Å²) >= 11 is 0. The second kappa shape index (κ2) is 4.09. The summed E-state index contributed by atoms with van der Waals surface area (Å²) in [5, 5.41) is 0. The van der Waals surface area contributed by atoms with Crippen molar-refractivity contribution in [1.82, 2.24) is 0 Å². The molecule has 5 heteroatoms. The lowest BCUT2D eigenvalue weighted by atomic mass is 10.2. The summed E-state index contributed by atoms with van der Waals surface area (Å²) in [6.07, 6.45) is 0. The molecule has 12 heavy (non-hydrogen) atoms. The highest BCUT2D eigenvalue weighted by atomic mass is 33.7. The van der Waals surface area contributed by atoms with E-state index in [0.717, 1.165) is 0 Å². The van der Waals surface area contributed by atoms with Crippen LogP contribution in [0, 0.1) is 0 Å². The fourth-order valence-electron chi connectivity index (χ4n) is 0.937. The molecule has 1 unspecified atom stereocenters. The molecule has 1 aromatic rings. The first-order valence-electron chi connectivity index (χ1n) is 3.34. The second-order valence-corrected chi connectivity index (χ2v) is 8.93. The molecule has 1 aliphatic heterocycles. The van der Waals surface area contributed by atoms with Crippen molar-refractivity contribution in [2.75, 3.05) is 0 Å². The van der Waals surface area contributed by atoms with Gasteiger partial charge in [-0.3, -0.25) is 0 Å². The molecule has 0 aliphatic carbocycles. The van der Waals surface area contributed by atoms with Crippen molar-refractivity contribution >= 4 is 40.3 Å². The number of rotatable bonds is 0. The third kappa shape index (κ3) is 2.02.